The number of benzene rings is 2. The lowest BCUT2D eigenvalue weighted by atomic mass is 10.3. The Labute approximate surface area is 178 Å². The van der Waals surface area contributed by atoms with Crippen LogP contribution in [0.25, 0.3) is 0 Å². The summed E-state index contributed by atoms with van der Waals surface area (Å²) in [6, 6.07) is 11.7. The standard InChI is InChI=1S/C19H20ClN3O6S/c1-12(23-30(27,28)16-10-8-14(20)9-11-16)18(25)29-13(2)17(24)22-19(26)21-15-6-4-3-5-7-15/h3-13,23H,1-2H3,(H2,21,22,24,26)/t12-,13+/m0/s1. The fraction of sp³-hybridized carbons (Fsp3) is 0.211. The zero-order valence-corrected chi connectivity index (χ0v) is 17.7. The Kier molecular flexibility index (Phi) is 7.93. The van der Waals surface area contributed by atoms with Crippen LogP contribution in [0.15, 0.2) is 59.5 Å². The van der Waals surface area contributed by atoms with Crippen molar-refractivity contribution in [2.75, 3.05) is 5.32 Å². The van der Waals surface area contributed by atoms with Crippen LogP contribution in [0.1, 0.15) is 13.8 Å². The zero-order chi connectivity index (χ0) is 22.3. The van der Waals surface area contributed by atoms with Gasteiger partial charge in [-0.05, 0) is 50.2 Å². The molecule has 160 valence electrons. The van der Waals surface area contributed by atoms with Gasteiger partial charge in [0.1, 0.15) is 6.04 Å². The van der Waals surface area contributed by atoms with Crippen LogP contribution in [0.3, 0.4) is 0 Å². The van der Waals surface area contributed by atoms with E-state index >= 15 is 0 Å². The van der Waals surface area contributed by atoms with E-state index in [0.717, 1.165) is 0 Å². The van der Waals surface area contributed by atoms with E-state index < -0.39 is 40.1 Å². The number of hydrogen-bond acceptors (Lipinski definition) is 6. The maximum Gasteiger partial charge on any atom is 0.325 e. The summed E-state index contributed by atoms with van der Waals surface area (Å²) in [5.41, 5.74) is 0.470. The van der Waals surface area contributed by atoms with Crippen molar-refractivity contribution in [3.05, 3.63) is 59.6 Å². The summed E-state index contributed by atoms with van der Waals surface area (Å²) in [5, 5.41) is 4.84. The number of carbonyl (C=O) groups is 3. The molecule has 9 nitrogen and oxygen atoms in total. The van der Waals surface area contributed by atoms with E-state index in [2.05, 4.69) is 10.0 Å². The molecule has 2 aromatic rings. The number of carbonyl (C=O) groups excluding carboxylic acids is 3. The summed E-state index contributed by atoms with van der Waals surface area (Å²) in [7, 11) is -4.01. The number of sulfonamides is 1. The number of rotatable bonds is 7. The molecule has 30 heavy (non-hydrogen) atoms. The molecule has 2 atom stereocenters. The highest BCUT2D eigenvalue weighted by atomic mass is 35.5. The van der Waals surface area contributed by atoms with Gasteiger partial charge in [-0.3, -0.25) is 14.9 Å². The van der Waals surface area contributed by atoms with E-state index in [-0.39, 0.29) is 4.90 Å². The first-order valence-electron chi connectivity index (χ1n) is 8.74. The van der Waals surface area contributed by atoms with Crippen molar-refractivity contribution in [1.29, 1.82) is 0 Å². The van der Waals surface area contributed by atoms with E-state index in [0.29, 0.717) is 10.7 Å². The molecule has 0 saturated carbocycles. The van der Waals surface area contributed by atoms with Gasteiger partial charge in [-0.15, -0.1) is 0 Å². The van der Waals surface area contributed by atoms with Gasteiger partial charge >= 0.3 is 12.0 Å². The average Bonchev–Trinajstić information content (AvgIpc) is 2.68. The molecule has 0 bridgehead atoms. The molecule has 0 aliphatic heterocycles. The van der Waals surface area contributed by atoms with E-state index in [4.69, 9.17) is 16.3 Å². The number of halogens is 1. The predicted octanol–water partition coefficient (Wildman–Crippen LogP) is 2.29. The van der Waals surface area contributed by atoms with Crippen LogP contribution in [0.4, 0.5) is 10.5 Å². The highest BCUT2D eigenvalue weighted by molar-refractivity contribution is 7.89. The quantitative estimate of drug-likeness (QED) is 0.551. The maximum atomic E-state index is 12.3. The molecule has 0 radical (unpaired) electrons. The molecule has 0 aliphatic carbocycles. The van der Waals surface area contributed by atoms with Gasteiger partial charge in [0.2, 0.25) is 10.0 Å². The number of para-hydroxylation sites is 1. The third-order valence-corrected chi connectivity index (χ3v) is 5.55. The van der Waals surface area contributed by atoms with Gasteiger partial charge in [0.25, 0.3) is 5.91 Å². The van der Waals surface area contributed by atoms with Crippen molar-refractivity contribution in [3.63, 3.8) is 0 Å². The molecule has 3 N–H and O–H groups in total. The van der Waals surface area contributed by atoms with Gasteiger partial charge in [0.15, 0.2) is 6.10 Å². The number of nitrogens with one attached hydrogen (secondary N) is 3. The summed E-state index contributed by atoms with van der Waals surface area (Å²) < 4.78 is 31.7. The van der Waals surface area contributed by atoms with E-state index in [1.807, 2.05) is 5.32 Å². The summed E-state index contributed by atoms with van der Waals surface area (Å²) in [6.07, 6.45) is -1.33. The second-order valence-corrected chi connectivity index (χ2v) is 8.34. The molecule has 0 spiro atoms. The molecular weight excluding hydrogens is 434 g/mol. The SMILES string of the molecule is C[C@H](NS(=O)(=O)c1ccc(Cl)cc1)C(=O)O[C@H](C)C(=O)NC(=O)Nc1ccccc1. The van der Waals surface area contributed by atoms with Crippen molar-refractivity contribution < 1.29 is 27.5 Å². The van der Waals surface area contributed by atoms with E-state index in [1.165, 1.54) is 38.1 Å². The third-order valence-electron chi connectivity index (χ3n) is 3.74. The average molecular weight is 454 g/mol. The van der Waals surface area contributed by atoms with Gasteiger partial charge in [0, 0.05) is 10.7 Å². The lowest BCUT2D eigenvalue weighted by molar-refractivity contribution is -0.155. The molecular formula is C19H20ClN3O6S. The molecule has 0 aliphatic rings. The normalized spacial score (nSPS) is 13.0. The first-order valence-corrected chi connectivity index (χ1v) is 10.6. The predicted molar refractivity (Wildman–Crippen MR) is 110 cm³/mol. The van der Waals surface area contributed by atoms with Crippen molar-refractivity contribution in [2.45, 2.75) is 30.9 Å². The first kappa shape index (κ1) is 23.3. The minimum atomic E-state index is -4.01. The maximum absolute atomic E-state index is 12.3. The molecule has 0 saturated heterocycles. The minimum absolute atomic E-state index is 0.0880. The highest BCUT2D eigenvalue weighted by Crippen LogP contribution is 2.14. The molecule has 3 amide bonds. The molecule has 0 aromatic heterocycles. The lowest BCUT2D eigenvalue weighted by Gasteiger charge is -2.17. The van der Waals surface area contributed by atoms with Crippen LogP contribution in [-0.2, 0) is 24.3 Å². The number of hydrogen-bond donors (Lipinski definition) is 3. The van der Waals surface area contributed by atoms with Crippen LogP contribution in [0, 0.1) is 0 Å². The monoisotopic (exact) mass is 453 g/mol. The number of amides is 3. The van der Waals surface area contributed by atoms with Crippen LogP contribution in [-0.4, -0.2) is 38.5 Å². The number of anilines is 1. The fourth-order valence-electron chi connectivity index (χ4n) is 2.19. The molecule has 11 heteroatoms. The van der Waals surface area contributed by atoms with Crippen molar-refractivity contribution in [3.8, 4) is 0 Å². The minimum Gasteiger partial charge on any atom is -0.451 e. The van der Waals surface area contributed by atoms with Gasteiger partial charge in [-0.2, -0.15) is 4.72 Å². The van der Waals surface area contributed by atoms with Gasteiger partial charge in [-0.25, -0.2) is 13.2 Å². The highest BCUT2D eigenvalue weighted by Gasteiger charge is 2.27. The molecule has 0 fully saturated rings. The number of esters is 1. The van der Waals surface area contributed by atoms with Gasteiger partial charge in [0.05, 0.1) is 4.90 Å². The van der Waals surface area contributed by atoms with Crippen molar-refractivity contribution in [2.24, 2.45) is 0 Å². The summed E-state index contributed by atoms with van der Waals surface area (Å²) in [5.74, 6) is -1.86. The Morgan fingerprint density at radius 3 is 2.17 bits per heavy atom. The van der Waals surface area contributed by atoms with E-state index in [9.17, 15) is 22.8 Å². The molecule has 2 aromatic carbocycles. The Morgan fingerprint density at radius 2 is 1.57 bits per heavy atom. The summed E-state index contributed by atoms with van der Waals surface area (Å²) in [6.45, 7) is 2.52. The van der Waals surface area contributed by atoms with Crippen molar-refractivity contribution in [1.82, 2.24) is 10.0 Å². The fourth-order valence-corrected chi connectivity index (χ4v) is 3.51. The number of urea groups is 1. The molecule has 0 unspecified atom stereocenters. The first-order chi connectivity index (χ1) is 14.1. The number of imide groups is 1. The van der Waals surface area contributed by atoms with Crippen LogP contribution in [0.5, 0.6) is 0 Å². The summed E-state index contributed by atoms with van der Waals surface area (Å²) >= 11 is 5.73. The number of ether oxygens (including phenoxy) is 1. The van der Waals surface area contributed by atoms with Crippen LogP contribution >= 0.6 is 11.6 Å². The second-order valence-electron chi connectivity index (χ2n) is 6.19. The Hall–Kier alpha value is -2.95. The Morgan fingerprint density at radius 1 is 0.967 bits per heavy atom. The summed E-state index contributed by atoms with van der Waals surface area (Å²) in [4.78, 5) is 35.9. The van der Waals surface area contributed by atoms with Gasteiger partial charge < -0.3 is 10.1 Å². The van der Waals surface area contributed by atoms with E-state index in [1.54, 1.807) is 30.3 Å². The third kappa shape index (κ3) is 6.83. The topological polar surface area (TPSA) is 131 Å². The Balaban J connectivity index is 1.88. The lowest BCUT2D eigenvalue weighted by Crippen LogP contribution is -2.45. The Bertz CT molecular complexity index is 1010. The van der Waals surface area contributed by atoms with Crippen LogP contribution < -0.4 is 15.4 Å². The largest absolute Gasteiger partial charge is 0.451 e. The second kappa shape index (κ2) is 10.2. The van der Waals surface area contributed by atoms with Crippen LogP contribution in [0.2, 0.25) is 5.02 Å². The van der Waals surface area contributed by atoms with Crippen molar-refractivity contribution >= 4 is 45.2 Å². The molecule has 0 heterocycles. The zero-order valence-electron chi connectivity index (χ0n) is 16.1. The smallest absolute Gasteiger partial charge is 0.325 e. The molecule has 2 rings (SSSR count). The van der Waals surface area contributed by atoms with Gasteiger partial charge in [-0.1, -0.05) is 29.8 Å².